The van der Waals surface area contributed by atoms with Gasteiger partial charge in [-0.15, -0.1) is 0 Å². The Kier molecular flexibility index (Phi) is 5.09. The number of hydrogen-bond acceptors (Lipinski definition) is 3. The first-order valence-corrected chi connectivity index (χ1v) is 9.03. The Morgan fingerprint density at radius 3 is 2.45 bits per heavy atom. The summed E-state index contributed by atoms with van der Waals surface area (Å²) in [6, 6.07) is 0. The van der Waals surface area contributed by atoms with Crippen molar-refractivity contribution in [2.24, 2.45) is 0 Å². The second-order valence-corrected chi connectivity index (χ2v) is 8.01. The molecule has 1 aliphatic carbocycles. The lowest BCUT2D eigenvalue weighted by atomic mass is 10.1. The van der Waals surface area contributed by atoms with Crippen LogP contribution in [0.1, 0.15) is 58.7 Å². The Hall–Kier alpha value is -0.790. The summed E-state index contributed by atoms with van der Waals surface area (Å²) >= 11 is 2.30. The number of carbonyl (C=O) groups excluding carboxylic acids is 1. The Balaban J connectivity index is 2.09. The molecule has 0 atom stereocenters. The van der Waals surface area contributed by atoms with E-state index in [9.17, 15) is 4.79 Å². The van der Waals surface area contributed by atoms with Crippen molar-refractivity contribution in [1.82, 2.24) is 15.1 Å². The molecule has 0 spiro atoms. The van der Waals surface area contributed by atoms with Gasteiger partial charge in [-0.25, -0.2) is 4.79 Å². The third-order valence-corrected chi connectivity index (χ3v) is 4.74. The molecule has 1 aromatic heterocycles. The van der Waals surface area contributed by atoms with E-state index in [-0.39, 0.29) is 11.6 Å². The third kappa shape index (κ3) is 4.14. The molecule has 0 unspecified atom stereocenters. The lowest BCUT2D eigenvalue weighted by molar-refractivity contribution is 0.0489. The second kappa shape index (κ2) is 6.37. The van der Waals surface area contributed by atoms with Crippen LogP contribution in [-0.4, -0.2) is 27.0 Å². The van der Waals surface area contributed by atoms with Gasteiger partial charge < -0.3 is 10.1 Å². The molecule has 6 heteroatoms. The molecule has 2 rings (SSSR count). The van der Waals surface area contributed by atoms with Crippen molar-refractivity contribution in [3.8, 4) is 0 Å². The van der Waals surface area contributed by atoms with E-state index in [0.29, 0.717) is 0 Å². The normalized spacial score (nSPS) is 16.5. The molecule has 22 heavy (non-hydrogen) atoms. The molecular formula is C16H26IN3O2. The van der Waals surface area contributed by atoms with Gasteiger partial charge in [-0.05, 0) is 69.0 Å². The third-order valence-electron chi connectivity index (χ3n) is 3.88. The molecule has 0 aliphatic heterocycles. The van der Waals surface area contributed by atoms with Crippen molar-refractivity contribution >= 4 is 28.7 Å². The molecule has 1 fully saturated rings. The molecule has 124 valence electrons. The van der Waals surface area contributed by atoms with Gasteiger partial charge in [-0.2, -0.15) is 5.10 Å². The zero-order valence-electron chi connectivity index (χ0n) is 14.1. The Bertz CT molecular complexity index is 556. The molecule has 1 aliphatic rings. The van der Waals surface area contributed by atoms with Crippen molar-refractivity contribution in [3.63, 3.8) is 0 Å². The van der Waals surface area contributed by atoms with Crippen molar-refractivity contribution in [3.05, 3.63) is 15.0 Å². The van der Waals surface area contributed by atoms with Crippen LogP contribution in [0, 0.1) is 3.70 Å². The molecular weight excluding hydrogens is 393 g/mol. The molecule has 0 bridgehead atoms. The van der Waals surface area contributed by atoms with E-state index in [1.54, 1.807) is 0 Å². The van der Waals surface area contributed by atoms with Crippen LogP contribution in [0.3, 0.4) is 0 Å². The lowest BCUT2D eigenvalue weighted by Crippen LogP contribution is -2.43. The number of nitrogens with one attached hydrogen (secondary N) is 1. The lowest BCUT2D eigenvalue weighted by Gasteiger charge is -2.24. The average molecular weight is 419 g/mol. The van der Waals surface area contributed by atoms with Gasteiger partial charge in [-0.1, -0.05) is 13.8 Å². The van der Waals surface area contributed by atoms with Gasteiger partial charge in [0.2, 0.25) is 0 Å². The summed E-state index contributed by atoms with van der Waals surface area (Å²) in [6.45, 7) is 10.7. The van der Waals surface area contributed by atoms with Gasteiger partial charge in [0.05, 0.1) is 12.1 Å². The van der Waals surface area contributed by atoms with Crippen LogP contribution >= 0.6 is 22.6 Å². The Morgan fingerprint density at radius 1 is 1.36 bits per heavy atom. The van der Waals surface area contributed by atoms with E-state index in [1.165, 1.54) is 11.3 Å². The highest BCUT2D eigenvalue weighted by molar-refractivity contribution is 14.1. The summed E-state index contributed by atoms with van der Waals surface area (Å²) in [5.74, 6) is 0. The Morgan fingerprint density at radius 2 is 2.00 bits per heavy atom. The minimum absolute atomic E-state index is 0.188. The summed E-state index contributed by atoms with van der Waals surface area (Å²) < 4.78 is 8.53. The highest BCUT2D eigenvalue weighted by Crippen LogP contribution is 2.38. The van der Waals surface area contributed by atoms with Gasteiger partial charge in [0.25, 0.3) is 0 Å². The first-order chi connectivity index (χ1) is 10.2. The molecule has 0 saturated heterocycles. The number of rotatable bonds is 5. The summed E-state index contributed by atoms with van der Waals surface area (Å²) in [5.41, 5.74) is 1.96. The fourth-order valence-electron chi connectivity index (χ4n) is 2.66. The maximum absolute atomic E-state index is 12.0. The van der Waals surface area contributed by atoms with Crippen LogP contribution in [0.15, 0.2) is 0 Å². The smallest absolute Gasteiger partial charge is 0.408 e. The van der Waals surface area contributed by atoms with Gasteiger partial charge in [0.15, 0.2) is 0 Å². The van der Waals surface area contributed by atoms with Crippen molar-refractivity contribution in [1.29, 1.82) is 0 Å². The van der Waals surface area contributed by atoms with Crippen molar-refractivity contribution in [2.45, 2.75) is 78.0 Å². The summed E-state index contributed by atoms with van der Waals surface area (Å²) in [6.07, 6.45) is 3.58. The number of halogens is 1. The maximum Gasteiger partial charge on any atom is 0.408 e. The molecule has 5 nitrogen and oxygen atoms in total. The molecule has 1 heterocycles. The molecule has 1 N–H and O–H groups in total. The van der Waals surface area contributed by atoms with Crippen LogP contribution in [0.25, 0.3) is 0 Å². The minimum atomic E-state index is -0.467. The van der Waals surface area contributed by atoms with Crippen LogP contribution in [0.2, 0.25) is 0 Å². The number of ether oxygens (including phenoxy) is 1. The second-order valence-electron chi connectivity index (χ2n) is 6.99. The first kappa shape index (κ1) is 17.6. The van der Waals surface area contributed by atoms with E-state index in [0.717, 1.165) is 35.9 Å². The number of carbonyl (C=O) groups is 1. The zero-order valence-corrected chi connectivity index (χ0v) is 16.3. The van der Waals surface area contributed by atoms with E-state index in [4.69, 9.17) is 4.74 Å². The van der Waals surface area contributed by atoms with Crippen LogP contribution in [-0.2, 0) is 24.1 Å². The molecule has 0 radical (unpaired) electrons. The standard InChI is InChI=1S/C16H26IN3O2/c1-6-11-12(7-2)20(19-13(11)17)10-16(8-9-16)18-14(21)22-15(3,4)5/h6-10H2,1-5H3,(H,18,21). The van der Waals surface area contributed by atoms with Crippen molar-refractivity contribution < 1.29 is 9.53 Å². The monoisotopic (exact) mass is 419 g/mol. The van der Waals surface area contributed by atoms with Crippen LogP contribution in [0.4, 0.5) is 4.79 Å². The van der Waals surface area contributed by atoms with E-state index in [1.807, 2.05) is 20.8 Å². The zero-order chi connectivity index (χ0) is 16.5. The van der Waals surface area contributed by atoms with Gasteiger partial charge >= 0.3 is 6.09 Å². The number of aromatic nitrogens is 2. The van der Waals surface area contributed by atoms with Gasteiger partial charge in [0.1, 0.15) is 9.30 Å². The first-order valence-electron chi connectivity index (χ1n) is 7.95. The summed E-state index contributed by atoms with van der Waals surface area (Å²) in [7, 11) is 0. The minimum Gasteiger partial charge on any atom is -0.444 e. The van der Waals surface area contributed by atoms with E-state index < -0.39 is 5.60 Å². The molecule has 1 aromatic rings. The number of alkyl carbamates (subject to hydrolysis) is 1. The largest absolute Gasteiger partial charge is 0.444 e. The maximum atomic E-state index is 12.0. The fraction of sp³-hybridized carbons (Fsp3) is 0.750. The highest BCUT2D eigenvalue weighted by atomic mass is 127. The van der Waals surface area contributed by atoms with E-state index >= 15 is 0 Å². The predicted octanol–water partition coefficient (Wildman–Crippen LogP) is 3.67. The van der Waals surface area contributed by atoms with Gasteiger partial charge in [-0.3, -0.25) is 4.68 Å². The molecule has 0 aromatic carbocycles. The Labute approximate surface area is 146 Å². The van der Waals surface area contributed by atoms with Crippen LogP contribution in [0.5, 0.6) is 0 Å². The highest BCUT2D eigenvalue weighted by Gasteiger charge is 2.46. The number of nitrogens with zero attached hydrogens (tertiary/aromatic N) is 2. The summed E-state index contributed by atoms with van der Waals surface area (Å²) in [4.78, 5) is 12.0. The van der Waals surface area contributed by atoms with Crippen molar-refractivity contribution in [2.75, 3.05) is 0 Å². The summed E-state index contributed by atoms with van der Waals surface area (Å²) in [5, 5.41) is 7.72. The average Bonchev–Trinajstić information content (AvgIpc) is 3.03. The topological polar surface area (TPSA) is 56.2 Å². The molecule has 1 amide bonds. The van der Waals surface area contributed by atoms with Gasteiger partial charge in [0, 0.05) is 11.3 Å². The quantitative estimate of drug-likeness (QED) is 0.742. The van der Waals surface area contributed by atoms with Crippen LogP contribution < -0.4 is 5.32 Å². The SMILES string of the molecule is CCc1c(I)nn(CC2(NC(=O)OC(C)(C)C)CC2)c1CC. The molecule has 1 saturated carbocycles. The van der Waals surface area contributed by atoms with E-state index in [2.05, 4.69) is 51.5 Å². The number of amides is 1. The predicted molar refractivity (Wildman–Crippen MR) is 95.0 cm³/mol. The number of hydrogen-bond donors (Lipinski definition) is 1. The fourth-order valence-corrected chi connectivity index (χ4v) is 3.61.